The first-order chi connectivity index (χ1) is 14.1. The Morgan fingerprint density at radius 3 is 2.07 bits per heavy atom. The van der Waals surface area contributed by atoms with Crippen molar-refractivity contribution in [3.63, 3.8) is 0 Å². The number of nitrogens with one attached hydrogen (secondary N) is 1. The third kappa shape index (κ3) is 4.45. The van der Waals surface area contributed by atoms with E-state index >= 15 is 0 Å². The van der Waals surface area contributed by atoms with Crippen LogP contribution >= 0.6 is 0 Å². The van der Waals surface area contributed by atoms with Crippen LogP contribution in [0.25, 0.3) is 0 Å². The van der Waals surface area contributed by atoms with E-state index in [4.69, 9.17) is 4.74 Å². The highest BCUT2D eigenvalue weighted by Gasteiger charge is 2.47. The maximum absolute atomic E-state index is 11.7. The molecule has 4 rings (SSSR count). The van der Waals surface area contributed by atoms with Crippen molar-refractivity contribution in [2.75, 3.05) is 39.3 Å². The highest BCUT2D eigenvalue weighted by molar-refractivity contribution is 5.79. The van der Waals surface area contributed by atoms with Gasteiger partial charge in [-0.05, 0) is 110 Å². The van der Waals surface area contributed by atoms with Crippen LogP contribution in [0.2, 0.25) is 0 Å². The molecule has 4 aliphatic heterocycles. The normalized spacial score (nSPS) is 30.3. The SMILES string of the molecule is CCC(C)(C)N1CCC2(CC1)COC(CC(C)(C)N1CCC3(CC1)CNC(=O)C3)C2. The molecule has 5 nitrogen and oxygen atoms in total. The second kappa shape index (κ2) is 8.04. The van der Waals surface area contributed by atoms with Crippen LogP contribution in [0.1, 0.15) is 86.0 Å². The summed E-state index contributed by atoms with van der Waals surface area (Å²) in [5.41, 5.74) is 1.15. The van der Waals surface area contributed by atoms with E-state index in [-0.39, 0.29) is 16.9 Å². The van der Waals surface area contributed by atoms with E-state index in [2.05, 4.69) is 49.7 Å². The van der Waals surface area contributed by atoms with Crippen LogP contribution in [0.15, 0.2) is 0 Å². The van der Waals surface area contributed by atoms with Gasteiger partial charge in [0.2, 0.25) is 5.91 Å². The number of ether oxygens (including phenoxy) is 1. The van der Waals surface area contributed by atoms with Crippen LogP contribution in [0, 0.1) is 10.8 Å². The summed E-state index contributed by atoms with van der Waals surface area (Å²) < 4.78 is 6.43. The first-order valence-electron chi connectivity index (χ1n) is 12.5. The molecule has 1 amide bonds. The number of carbonyl (C=O) groups is 1. The van der Waals surface area contributed by atoms with Gasteiger partial charge in [0, 0.05) is 24.0 Å². The molecule has 30 heavy (non-hydrogen) atoms. The zero-order valence-corrected chi connectivity index (χ0v) is 20.2. The molecule has 4 heterocycles. The second-order valence-electron chi connectivity index (χ2n) is 12.2. The summed E-state index contributed by atoms with van der Waals surface area (Å²) in [5.74, 6) is 0.251. The van der Waals surface area contributed by atoms with Gasteiger partial charge in [0.05, 0.1) is 12.7 Å². The number of rotatable bonds is 5. The van der Waals surface area contributed by atoms with Crippen molar-refractivity contribution >= 4 is 5.91 Å². The van der Waals surface area contributed by atoms with E-state index in [0.29, 0.717) is 17.1 Å². The van der Waals surface area contributed by atoms with Gasteiger partial charge in [0.25, 0.3) is 0 Å². The minimum absolute atomic E-state index is 0.165. The molecule has 0 radical (unpaired) electrons. The third-order valence-electron chi connectivity index (χ3n) is 9.43. The molecule has 1 N–H and O–H groups in total. The molecule has 172 valence electrons. The molecule has 1 unspecified atom stereocenters. The fraction of sp³-hybridized carbons (Fsp3) is 0.960. The summed E-state index contributed by atoms with van der Waals surface area (Å²) in [6.45, 7) is 18.4. The van der Waals surface area contributed by atoms with Crippen LogP contribution < -0.4 is 5.32 Å². The maximum Gasteiger partial charge on any atom is 0.220 e. The summed E-state index contributed by atoms with van der Waals surface area (Å²) in [4.78, 5) is 17.1. The largest absolute Gasteiger partial charge is 0.378 e. The molecule has 1 atom stereocenters. The standard InChI is InChI=1S/C25H45N3O2/c1-6-22(2,3)27-13-9-25(10-14-27)16-20(30-19-25)15-23(4,5)28-11-7-24(8-12-28)17-21(29)26-18-24/h20H,6-19H2,1-5H3,(H,26,29). The number of nitrogens with zero attached hydrogens (tertiary/aromatic N) is 2. The molecule has 2 spiro atoms. The predicted molar refractivity (Wildman–Crippen MR) is 122 cm³/mol. The monoisotopic (exact) mass is 419 g/mol. The van der Waals surface area contributed by atoms with Gasteiger partial charge in [-0.25, -0.2) is 0 Å². The van der Waals surface area contributed by atoms with Crippen LogP contribution in [-0.2, 0) is 9.53 Å². The number of likely N-dealkylation sites (tertiary alicyclic amines) is 2. The molecule has 4 fully saturated rings. The lowest BCUT2D eigenvalue weighted by molar-refractivity contribution is -0.120. The van der Waals surface area contributed by atoms with E-state index in [0.717, 1.165) is 51.9 Å². The average Bonchev–Trinajstić information content (AvgIpc) is 3.25. The van der Waals surface area contributed by atoms with E-state index in [9.17, 15) is 4.79 Å². The van der Waals surface area contributed by atoms with Crippen molar-refractivity contribution in [1.82, 2.24) is 15.1 Å². The zero-order chi connectivity index (χ0) is 21.6. The van der Waals surface area contributed by atoms with Gasteiger partial charge in [-0.3, -0.25) is 14.6 Å². The molecular weight excluding hydrogens is 374 g/mol. The highest BCUT2D eigenvalue weighted by atomic mass is 16.5. The lowest BCUT2D eigenvalue weighted by Crippen LogP contribution is -2.52. The Kier molecular flexibility index (Phi) is 6.04. The van der Waals surface area contributed by atoms with Crippen molar-refractivity contribution < 1.29 is 9.53 Å². The molecule has 0 aliphatic carbocycles. The Balaban J connectivity index is 1.28. The topological polar surface area (TPSA) is 44.8 Å². The van der Waals surface area contributed by atoms with Crippen molar-refractivity contribution in [3.05, 3.63) is 0 Å². The molecule has 0 bridgehead atoms. The number of piperidine rings is 2. The van der Waals surface area contributed by atoms with Gasteiger partial charge in [-0.2, -0.15) is 0 Å². The zero-order valence-electron chi connectivity index (χ0n) is 20.2. The van der Waals surface area contributed by atoms with Gasteiger partial charge in [-0.1, -0.05) is 6.92 Å². The van der Waals surface area contributed by atoms with Crippen LogP contribution in [0.3, 0.4) is 0 Å². The second-order valence-corrected chi connectivity index (χ2v) is 12.2. The Hall–Kier alpha value is -0.650. The Bertz CT molecular complexity index is 628. The van der Waals surface area contributed by atoms with E-state index in [1.54, 1.807) is 0 Å². The highest BCUT2D eigenvalue weighted by Crippen LogP contribution is 2.46. The smallest absolute Gasteiger partial charge is 0.220 e. The van der Waals surface area contributed by atoms with Crippen LogP contribution in [0.5, 0.6) is 0 Å². The van der Waals surface area contributed by atoms with Gasteiger partial charge >= 0.3 is 0 Å². The summed E-state index contributed by atoms with van der Waals surface area (Å²) >= 11 is 0. The van der Waals surface area contributed by atoms with E-state index < -0.39 is 0 Å². The van der Waals surface area contributed by atoms with Crippen molar-refractivity contribution in [3.8, 4) is 0 Å². The Morgan fingerprint density at radius 1 is 0.967 bits per heavy atom. The first-order valence-corrected chi connectivity index (χ1v) is 12.5. The van der Waals surface area contributed by atoms with Crippen LogP contribution in [0.4, 0.5) is 0 Å². The molecule has 4 saturated heterocycles. The lowest BCUT2D eigenvalue weighted by Gasteiger charge is -2.47. The number of amides is 1. The molecule has 0 saturated carbocycles. The number of hydrogen-bond acceptors (Lipinski definition) is 4. The minimum Gasteiger partial charge on any atom is -0.378 e. The van der Waals surface area contributed by atoms with Gasteiger partial charge in [0.1, 0.15) is 0 Å². The predicted octanol–water partition coefficient (Wildman–Crippen LogP) is 3.82. The summed E-state index contributed by atoms with van der Waals surface area (Å²) in [5, 5.41) is 3.06. The van der Waals surface area contributed by atoms with Gasteiger partial charge in [0.15, 0.2) is 0 Å². The van der Waals surface area contributed by atoms with Gasteiger partial charge in [-0.15, -0.1) is 0 Å². The van der Waals surface area contributed by atoms with E-state index in [1.165, 1.54) is 38.8 Å². The fourth-order valence-corrected chi connectivity index (χ4v) is 6.56. The molecular formula is C25H45N3O2. The average molecular weight is 420 g/mol. The quantitative estimate of drug-likeness (QED) is 0.736. The summed E-state index contributed by atoms with van der Waals surface area (Å²) in [7, 11) is 0. The molecule has 5 heteroatoms. The Labute approximate surface area is 184 Å². The molecule has 4 aliphatic rings. The molecule has 0 aromatic carbocycles. The van der Waals surface area contributed by atoms with Crippen molar-refractivity contribution in [2.45, 2.75) is 103 Å². The van der Waals surface area contributed by atoms with Gasteiger partial charge < -0.3 is 10.1 Å². The van der Waals surface area contributed by atoms with Crippen LogP contribution in [-0.4, -0.2) is 72.2 Å². The lowest BCUT2D eigenvalue weighted by atomic mass is 9.74. The molecule has 0 aromatic heterocycles. The minimum atomic E-state index is 0.165. The fourth-order valence-electron chi connectivity index (χ4n) is 6.56. The Morgan fingerprint density at radius 2 is 1.53 bits per heavy atom. The van der Waals surface area contributed by atoms with Crippen molar-refractivity contribution in [1.29, 1.82) is 0 Å². The number of hydrogen-bond donors (Lipinski definition) is 1. The molecule has 0 aromatic rings. The van der Waals surface area contributed by atoms with Crippen molar-refractivity contribution in [2.24, 2.45) is 10.8 Å². The first kappa shape index (κ1) is 22.5. The summed E-state index contributed by atoms with van der Waals surface area (Å²) in [6.07, 6.45) is 9.60. The third-order valence-corrected chi connectivity index (χ3v) is 9.43. The number of carbonyl (C=O) groups excluding carboxylic acids is 1. The maximum atomic E-state index is 11.7. The van der Waals surface area contributed by atoms with E-state index in [1.807, 2.05) is 0 Å². The summed E-state index contributed by atoms with van der Waals surface area (Å²) in [6, 6.07) is 0.